The van der Waals surface area contributed by atoms with Gasteiger partial charge in [0.1, 0.15) is 0 Å². The Labute approximate surface area is 127 Å². The average Bonchev–Trinajstić information content (AvgIpc) is 2.84. The number of urea groups is 1. The molecule has 0 spiro atoms. The van der Waals surface area contributed by atoms with Crippen LogP contribution >= 0.6 is 0 Å². The van der Waals surface area contributed by atoms with Gasteiger partial charge >= 0.3 is 12.2 Å². The molecule has 1 heterocycles. The molecule has 1 N–H and O–H groups in total. The number of hydrogen-bond acceptors (Lipinski definition) is 2. The Kier molecular flexibility index (Phi) is 5.31. The van der Waals surface area contributed by atoms with Crippen LogP contribution in [-0.2, 0) is 7.05 Å². The van der Waals surface area contributed by atoms with E-state index in [0.29, 0.717) is 5.82 Å². The van der Waals surface area contributed by atoms with E-state index in [1.165, 1.54) is 9.58 Å². The molecule has 1 aromatic rings. The van der Waals surface area contributed by atoms with Gasteiger partial charge in [-0.25, -0.2) is 4.79 Å². The van der Waals surface area contributed by atoms with Crippen LogP contribution in [0.5, 0.6) is 0 Å². The molecule has 124 valence electrons. The molecular formula is C14H21F3N4O. The lowest BCUT2D eigenvalue weighted by atomic mass is 9.94. The van der Waals surface area contributed by atoms with Crippen molar-refractivity contribution in [3.05, 3.63) is 12.3 Å². The number of carbonyl (C=O) groups is 1. The Morgan fingerprint density at radius 1 is 1.41 bits per heavy atom. The second kappa shape index (κ2) is 7.02. The third-order valence-electron chi connectivity index (χ3n) is 3.86. The first kappa shape index (κ1) is 16.6. The SMILES string of the molecule is Cn1ccc(NC(=O)N(CCC(F)(F)F)C2CCCCC2)n1. The minimum absolute atomic E-state index is 0.125. The average molecular weight is 318 g/mol. The van der Waals surface area contributed by atoms with Crippen molar-refractivity contribution in [2.24, 2.45) is 7.05 Å². The van der Waals surface area contributed by atoms with Crippen LogP contribution < -0.4 is 5.32 Å². The Balaban J connectivity index is 2.02. The Bertz CT molecular complexity index is 495. The maximum absolute atomic E-state index is 12.5. The quantitative estimate of drug-likeness (QED) is 0.923. The first-order valence-electron chi connectivity index (χ1n) is 7.49. The Morgan fingerprint density at radius 3 is 2.64 bits per heavy atom. The molecular weight excluding hydrogens is 297 g/mol. The summed E-state index contributed by atoms with van der Waals surface area (Å²) in [5, 5.41) is 6.61. The molecule has 1 aliphatic carbocycles. The van der Waals surface area contributed by atoms with Crippen LogP contribution in [-0.4, -0.2) is 39.5 Å². The molecule has 2 rings (SSSR count). The normalized spacial score (nSPS) is 16.5. The number of amides is 2. The van der Waals surface area contributed by atoms with Crippen LogP contribution in [0.4, 0.5) is 23.8 Å². The number of anilines is 1. The van der Waals surface area contributed by atoms with Gasteiger partial charge in [0.2, 0.25) is 0 Å². The van der Waals surface area contributed by atoms with Crippen LogP contribution in [0.15, 0.2) is 12.3 Å². The Hall–Kier alpha value is -1.73. The van der Waals surface area contributed by atoms with E-state index in [2.05, 4.69) is 10.4 Å². The summed E-state index contributed by atoms with van der Waals surface area (Å²) in [4.78, 5) is 13.7. The molecule has 2 amide bonds. The van der Waals surface area contributed by atoms with Crippen molar-refractivity contribution in [1.29, 1.82) is 0 Å². The molecule has 0 radical (unpaired) electrons. The molecule has 8 heteroatoms. The van der Waals surface area contributed by atoms with Gasteiger partial charge in [0.05, 0.1) is 6.42 Å². The smallest absolute Gasteiger partial charge is 0.321 e. The topological polar surface area (TPSA) is 50.2 Å². The van der Waals surface area contributed by atoms with E-state index < -0.39 is 18.6 Å². The fourth-order valence-electron chi connectivity index (χ4n) is 2.75. The molecule has 1 saturated carbocycles. The maximum Gasteiger partial charge on any atom is 0.390 e. The summed E-state index contributed by atoms with van der Waals surface area (Å²) in [5.41, 5.74) is 0. The predicted octanol–water partition coefficient (Wildman–Crippen LogP) is 3.54. The summed E-state index contributed by atoms with van der Waals surface area (Å²) in [5.74, 6) is 0.348. The van der Waals surface area contributed by atoms with Crippen molar-refractivity contribution in [1.82, 2.24) is 14.7 Å². The lowest BCUT2D eigenvalue weighted by molar-refractivity contribution is -0.137. The minimum atomic E-state index is -4.27. The summed E-state index contributed by atoms with van der Waals surface area (Å²) >= 11 is 0. The van der Waals surface area contributed by atoms with Crippen molar-refractivity contribution in [3.63, 3.8) is 0 Å². The number of nitrogens with one attached hydrogen (secondary N) is 1. The second-order valence-electron chi connectivity index (χ2n) is 5.66. The van der Waals surface area contributed by atoms with Gasteiger partial charge in [0.15, 0.2) is 5.82 Å². The molecule has 0 atom stereocenters. The summed E-state index contributed by atoms with van der Waals surface area (Å²) in [7, 11) is 1.71. The molecule has 0 saturated heterocycles. The molecule has 0 unspecified atom stereocenters. The first-order chi connectivity index (χ1) is 10.3. The van der Waals surface area contributed by atoms with Crippen LogP contribution in [0, 0.1) is 0 Å². The van der Waals surface area contributed by atoms with Crippen molar-refractivity contribution in [3.8, 4) is 0 Å². The highest BCUT2D eigenvalue weighted by Gasteiger charge is 2.32. The van der Waals surface area contributed by atoms with Gasteiger partial charge in [-0.05, 0) is 12.8 Å². The van der Waals surface area contributed by atoms with Gasteiger partial charge in [0.25, 0.3) is 0 Å². The maximum atomic E-state index is 12.5. The third kappa shape index (κ3) is 4.92. The molecule has 5 nitrogen and oxygen atoms in total. The number of hydrogen-bond donors (Lipinski definition) is 1. The van der Waals surface area contributed by atoms with E-state index in [9.17, 15) is 18.0 Å². The number of alkyl halides is 3. The standard InChI is InChI=1S/C14H21F3N4O/c1-20-9-7-12(19-20)18-13(22)21(10-8-14(15,16)17)11-5-3-2-4-6-11/h7,9,11H,2-6,8,10H2,1H3,(H,18,19,22). The molecule has 22 heavy (non-hydrogen) atoms. The lowest BCUT2D eigenvalue weighted by Crippen LogP contribution is -2.45. The highest BCUT2D eigenvalue weighted by Crippen LogP contribution is 2.26. The van der Waals surface area contributed by atoms with E-state index in [-0.39, 0.29) is 12.6 Å². The van der Waals surface area contributed by atoms with Crippen LogP contribution in [0.25, 0.3) is 0 Å². The van der Waals surface area contributed by atoms with Crippen LogP contribution in [0.1, 0.15) is 38.5 Å². The number of nitrogens with zero attached hydrogens (tertiary/aromatic N) is 3. The number of rotatable bonds is 4. The number of carbonyl (C=O) groups excluding carboxylic acids is 1. The third-order valence-corrected chi connectivity index (χ3v) is 3.86. The van der Waals surface area contributed by atoms with Crippen molar-refractivity contribution < 1.29 is 18.0 Å². The zero-order valence-electron chi connectivity index (χ0n) is 12.6. The highest BCUT2D eigenvalue weighted by atomic mass is 19.4. The number of aromatic nitrogens is 2. The summed E-state index contributed by atoms with van der Waals surface area (Å²) in [6, 6.07) is 0.982. The van der Waals surface area contributed by atoms with E-state index >= 15 is 0 Å². The van der Waals surface area contributed by atoms with Crippen molar-refractivity contribution in [2.75, 3.05) is 11.9 Å². The predicted molar refractivity (Wildman–Crippen MR) is 76.5 cm³/mol. The number of halogens is 3. The largest absolute Gasteiger partial charge is 0.390 e. The highest BCUT2D eigenvalue weighted by molar-refractivity contribution is 5.88. The Morgan fingerprint density at radius 2 is 2.09 bits per heavy atom. The molecule has 1 aromatic heterocycles. The molecule has 1 aliphatic rings. The van der Waals surface area contributed by atoms with Crippen LogP contribution in [0.2, 0.25) is 0 Å². The van der Waals surface area contributed by atoms with Gasteiger partial charge < -0.3 is 4.90 Å². The zero-order valence-corrected chi connectivity index (χ0v) is 12.6. The van der Waals surface area contributed by atoms with Gasteiger partial charge in [-0.1, -0.05) is 19.3 Å². The summed E-state index contributed by atoms with van der Waals surface area (Å²) in [6.07, 6.45) is 0.897. The van der Waals surface area contributed by atoms with Gasteiger partial charge in [-0.15, -0.1) is 0 Å². The van der Waals surface area contributed by atoms with E-state index in [1.54, 1.807) is 19.3 Å². The van der Waals surface area contributed by atoms with E-state index in [1.807, 2.05) is 0 Å². The molecule has 0 aliphatic heterocycles. The summed E-state index contributed by atoms with van der Waals surface area (Å²) < 4.78 is 39.0. The van der Waals surface area contributed by atoms with Gasteiger partial charge in [0, 0.05) is 31.9 Å². The van der Waals surface area contributed by atoms with Crippen LogP contribution in [0.3, 0.4) is 0 Å². The van der Waals surface area contributed by atoms with Gasteiger partial charge in [-0.3, -0.25) is 10.00 Å². The first-order valence-corrected chi connectivity index (χ1v) is 7.49. The molecule has 0 aromatic carbocycles. The van der Waals surface area contributed by atoms with Gasteiger partial charge in [-0.2, -0.15) is 18.3 Å². The fraction of sp³-hybridized carbons (Fsp3) is 0.714. The second-order valence-corrected chi connectivity index (χ2v) is 5.66. The molecule has 1 fully saturated rings. The monoisotopic (exact) mass is 318 g/mol. The zero-order chi connectivity index (χ0) is 16.2. The lowest BCUT2D eigenvalue weighted by Gasteiger charge is -2.34. The van der Waals surface area contributed by atoms with Crippen molar-refractivity contribution in [2.45, 2.75) is 50.7 Å². The van der Waals surface area contributed by atoms with Crippen molar-refractivity contribution >= 4 is 11.8 Å². The number of aryl methyl sites for hydroxylation is 1. The summed E-state index contributed by atoms with van der Waals surface area (Å²) in [6.45, 7) is -0.313. The van der Waals surface area contributed by atoms with E-state index in [4.69, 9.17) is 0 Å². The minimum Gasteiger partial charge on any atom is -0.321 e. The van der Waals surface area contributed by atoms with E-state index in [0.717, 1.165) is 32.1 Å². The fourth-order valence-corrected chi connectivity index (χ4v) is 2.75. The molecule has 0 bridgehead atoms.